The van der Waals surface area contributed by atoms with Gasteiger partial charge in [0.25, 0.3) is 0 Å². The van der Waals surface area contributed by atoms with E-state index in [0.29, 0.717) is 12.6 Å². The molecule has 0 atom stereocenters. The van der Waals surface area contributed by atoms with E-state index in [4.69, 9.17) is 9.72 Å². The molecular weight excluding hydrogens is 252 g/mol. The Morgan fingerprint density at radius 2 is 2.15 bits per heavy atom. The molecule has 2 aliphatic rings. The van der Waals surface area contributed by atoms with Crippen LogP contribution in [0.1, 0.15) is 44.5 Å². The van der Waals surface area contributed by atoms with Crippen molar-refractivity contribution in [3.05, 3.63) is 30.1 Å². The molecule has 1 heterocycles. The molecular formula is C16H18N2O2. The number of para-hydroxylation sites is 2. The van der Waals surface area contributed by atoms with Gasteiger partial charge in [0.05, 0.1) is 17.6 Å². The van der Waals surface area contributed by atoms with Crippen molar-refractivity contribution in [2.45, 2.75) is 44.1 Å². The summed E-state index contributed by atoms with van der Waals surface area (Å²) in [4.78, 5) is 17.1. The molecule has 104 valence electrons. The van der Waals surface area contributed by atoms with Gasteiger partial charge in [0, 0.05) is 6.04 Å². The SMILES string of the molecule is CCOC(=O)C1(c2nc3ccccc3n2C2CC2)CC1. The van der Waals surface area contributed by atoms with E-state index in [2.05, 4.69) is 10.6 Å². The van der Waals surface area contributed by atoms with Crippen LogP contribution in [0.3, 0.4) is 0 Å². The van der Waals surface area contributed by atoms with Gasteiger partial charge in [-0.2, -0.15) is 0 Å². The number of nitrogens with zero attached hydrogens (tertiary/aromatic N) is 2. The lowest BCUT2D eigenvalue weighted by atomic mass is 10.1. The Labute approximate surface area is 117 Å². The van der Waals surface area contributed by atoms with Crippen LogP contribution in [-0.2, 0) is 14.9 Å². The lowest BCUT2D eigenvalue weighted by Crippen LogP contribution is -2.27. The van der Waals surface area contributed by atoms with Crippen LogP contribution in [0, 0.1) is 0 Å². The van der Waals surface area contributed by atoms with Gasteiger partial charge >= 0.3 is 5.97 Å². The standard InChI is InChI=1S/C16H18N2O2/c1-2-20-15(19)16(9-10-16)14-17-12-5-3-4-6-13(12)18(14)11-7-8-11/h3-6,11H,2,7-10H2,1H3. The van der Waals surface area contributed by atoms with Crippen LogP contribution < -0.4 is 0 Å². The van der Waals surface area contributed by atoms with Crippen molar-refractivity contribution in [3.63, 3.8) is 0 Å². The Hall–Kier alpha value is -1.84. The number of carbonyl (C=O) groups is 1. The summed E-state index contributed by atoms with van der Waals surface area (Å²) in [5.41, 5.74) is 1.67. The molecule has 0 N–H and O–H groups in total. The molecule has 2 aromatic rings. The van der Waals surface area contributed by atoms with Gasteiger partial charge in [-0.15, -0.1) is 0 Å². The molecule has 0 unspecified atom stereocenters. The normalized spacial score (nSPS) is 20.1. The highest BCUT2D eigenvalue weighted by Crippen LogP contribution is 2.52. The maximum absolute atomic E-state index is 12.3. The Bertz CT molecular complexity index is 681. The fourth-order valence-electron chi connectivity index (χ4n) is 3.00. The first-order valence-electron chi connectivity index (χ1n) is 7.41. The van der Waals surface area contributed by atoms with Crippen LogP contribution >= 0.6 is 0 Å². The van der Waals surface area contributed by atoms with Crippen molar-refractivity contribution >= 4 is 17.0 Å². The first kappa shape index (κ1) is 11.9. The molecule has 2 fully saturated rings. The number of fused-ring (bicyclic) bond motifs is 1. The Balaban J connectivity index is 1.87. The minimum absolute atomic E-state index is 0.0998. The van der Waals surface area contributed by atoms with Gasteiger partial charge in [-0.05, 0) is 44.7 Å². The summed E-state index contributed by atoms with van der Waals surface area (Å²) in [6.07, 6.45) is 4.10. The fourth-order valence-corrected chi connectivity index (χ4v) is 3.00. The third kappa shape index (κ3) is 1.60. The van der Waals surface area contributed by atoms with Crippen LogP contribution in [0.4, 0.5) is 0 Å². The third-order valence-corrected chi connectivity index (χ3v) is 4.35. The minimum Gasteiger partial charge on any atom is -0.465 e. The van der Waals surface area contributed by atoms with Crippen molar-refractivity contribution in [2.24, 2.45) is 0 Å². The highest BCUT2D eigenvalue weighted by Gasteiger charge is 2.57. The highest BCUT2D eigenvalue weighted by atomic mass is 16.5. The van der Waals surface area contributed by atoms with E-state index in [-0.39, 0.29) is 5.97 Å². The number of imidazole rings is 1. The van der Waals surface area contributed by atoms with E-state index >= 15 is 0 Å². The first-order chi connectivity index (χ1) is 9.76. The second-order valence-corrected chi connectivity index (χ2v) is 5.83. The number of rotatable bonds is 4. The summed E-state index contributed by atoms with van der Waals surface area (Å²) in [7, 11) is 0. The number of benzene rings is 1. The predicted octanol–water partition coefficient (Wildman–Crippen LogP) is 2.97. The van der Waals surface area contributed by atoms with Gasteiger partial charge in [-0.3, -0.25) is 4.79 Å². The van der Waals surface area contributed by atoms with E-state index in [1.165, 1.54) is 12.8 Å². The summed E-state index contributed by atoms with van der Waals surface area (Å²) >= 11 is 0. The molecule has 4 rings (SSSR count). The average molecular weight is 270 g/mol. The molecule has 2 saturated carbocycles. The zero-order valence-electron chi connectivity index (χ0n) is 11.6. The van der Waals surface area contributed by atoms with Crippen LogP contribution in [0.5, 0.6) is 0 Å². The number of hydrogen-bond donors (Lipinski definition) is 0. The maximum Gasteiger partial charge on any atom is 0.319 e. The number of carbonyl (C=O) groups excluding carboxylic acids is 1. The molecule has 4 nitrogen and oxygen atoms in total. The highest BCUT2D eigenvalue weighted by molar-refractivity contribution is 5.87. The lowest BCUT2D eigenvalue weighted by Gasteiger charge is -2.15. The molecule has 2 aliphatic carbocycles. The van der Waals surface area contributed by atoms with E-state index in [9.17, 15) is 4.79 Å². The number of esters is 1. The summed E-state index contributed by atoms with van der Waals surface area (Å²) in [5.74, 6) is 0.830. The molecule has 0 spiro atoms. The van der Waals surface area contributed by atoms with Crippen molar-refractivity contribution in [1.29, 1.82) is 0 Å². The predicted molar refractivity (Wildman–Crippen MR) is 75.5 cm³/mol. The summed E-state index contributed by atoms with van der Waals surface area (Å²) in [5, 5.41) is 0. The summed E-state index contributed by atoms with van der Waals surface area (Å²) < 4.78 is 7.57. The third-order valence-electron chi connectivity index (χ3n) is 4.35. The smallest absolute Gasteiger partial charge is 0.319 e. The molecule has 0 bridgehead atoms. The Morgan fingerprint density at radius 1 is 1.40 bits per heavy atom. The second kappa shape index (κ2) is 4.08. The van der Waals surface area contributed by atoms with Gasteiger partial charge in [-0.1, -0.05) is 12.1 Å². The molecule has 20 heavy (non-hydrogen) atoms. The molecule has 0 radical (unpaired) electrons. The van der Waals surface area contributed by atoms with Gasteiger partial charge in [0.2, 0.25) is 0 Å². The summed E-state index contributed by atoms with van der Waals surface area (Å²) in [6.45, 7) is 2.29. The molecule has 4 heteroatoms. The van der Waals surface area contributed by atoms with Crippen molar-refractivity contribution < 1.29 is 9.53 Å². The quantitative estimate of drug-likeness (QED) is 0.802. The summed E-state index contributed by atoms with van der Waals surface area (Å²) in [6, 6.07) is 8.69. The number of hydrogen-bond acceptors (Lipinski definition) is 3. The van der Waals surface area contributed by atoms with Crippen LogP contribution in [0.2, 0.25) is 0 Å². The van der Waals surface area contributed by atoms with E-state index < -0.39 is 5.41 Å². The van der Waals surface area contributed by atoms with E-state index in [0.717, 1.165) is 29.7 Å². The van der Waals surface area contributed by atoms with Gasteiger partial charge in [0.15, 0.2) is 0 Å². The van der Waals surface area contributed by atoms with E-state index in [1.807, 2.05) is 25.1 Å². The molecule has 0 amide bonds. The van der Waals surface area contributed by atoms with E-state index in [1.54, 1.807) is 0 Å². The van der Waals surface area contributed by atoms with Crippen molar-refractivity contribution in [3.8, 4) is 0 Å². The number of aromatic nitrogens is 2. The molecule has 0 aliphatic heterocycles. The zero-order valence-corrected chi connectivity index (χ0v) is 11.6. The largest absolute Gasteiger partial charge is 0.465 e. The van der Waals surface area contributed by atoms with Gasteiger partial charge < -0.3 is 9.30 Å². The van der Waals surface area contributed by atoms with Crippen LogP contribution in [-0.4, -0.2) is 22.1 Å². The topological polar surface area (TPSA) is 44.1 Å². The maximum atomic E-state index is 12.3. The van der Waals surface area contributed by atoms with Crippen LogP contribution in [0.25, 0.3) is 11.0 Å². The van der Waals surface area contributed by atoms with Crippen molar-refractivity contribution in [1.82, 2.24) is 9.55 Å². The first-order valence-corrected chi connectivity index (χ1v) is 7.41. The second-order valence-electron chi connectivity index (χ2n) is 5.83. The van der Waals surface area contributed by atoms with Gasteiger partial charge in [0.1, 0.15) is 11.2 Å². The lowest BCUT2D eigenvalue weighted by molar-refractivity contribution is -0.146. The van der Waals surface area contributed by atoms with Gasteiger partial charge in [-0.25, -0.2) is 4.98 Å². The number of ether oxygens (including phenoxy) is 1. The van der Waals surface area contributed by atoms with Crippen LogP contribution in [0.15, 0.2) is 24.3 Å². The zero-order chi connectivity index (χ0) is 13.7. The Morgan fingerprint density at radius 3 is 2.80 bits per heavy atom. The van der Waals surface area contributed by atoms with Crippen molar-refractivity contribution in [2.75, 3.05) is 6.61 Å². The Kier molecular flexibility index (Phi) is 2.43. The average Bonchev–Trinajstić information content (AvgIpc) is 3.36. The fraction of sp³-hybridized carbons (Fsp3) is 0.500. The monoisotopic (exact) mass is 270 g/mol. The molecule has 0 saturated heterocycles. The molecule has 1 aromatic heterocycles. The minimum atomic E-state index is -0.475. The molecule has 1 aromatic carbocycles.